The Morgan fingerprint density at radius 3 is 2.39 bits per heavy atom. The number of halogens is 1. The summed E-state index contributed by atoms with van der Waals surface area (Å²) in [5.74, 6) is 1.12. The summed E-state index contributed by atoms with van der Waals surface area (Å²) in [5, 5.41) is 3.54. The van der Waals surface area contributed by atoms with E-state index in [9.17, 15) is 0 Å². The lowest BCUT2D eigenvalue weighted by Gasteiger charge is -2.34. The fraction of sp³-hybridized carbons (Fsp3) is 0.923. The number of rotatable bonds is 4. The van der Waals surface area contributed by atoms with Gasteiger partial charge in [-0.3, -0.25) is 4.99 Å². The van der Waals surface area contributed by atoms with E-state index in [4.69, 9.17) is 4.74 Å². The van der Waals surface area contributed by atoms with E-state index >= 15 is 0 Å². The van der Waals surface area contributed by atoms with Crippen LogP contribution in [0.5, 0.6) is 0 Å². The number of guanidine groups is 1. The first-order chi connectivity index (χ1) is 8.33. The van der Waals surface area contributed by atoms with Crippen LogP contribution < -0.4 is 5.32 Å². The van der Waals surface area contributed by atoms with Gasteiger partial charge in [0, 0.05) is 32.3 Å². The first kappa shape index (κ1) is 16.0. The van der Waals surface area contributed by atoms with Gasteiger partial charge in [0.05, 0.1) is 6.10 Å². The Kier molecular flexibility index (Phi) is 7.29. The molecule has 18 heavy (non-hydrogen) atoms. The number of aliphatic imine (C=N–C) groups is 1. The molecule has 0 amide bonds. The topological polar surface area (TPSA) is 36.9 Å². The molecule has 0 radical (unpaired) electrons. The van der Waals surface area contributed by atoms with Crippen molar-refractivity contribution in [2.45, 2.75) is 51.7 Å². The summed E-state index contributed by atoms with van der Waals surface area (Å²) in [6, 6.07) is 0.685. The van der Waals surface area contributed by atoms with Crippen molar-refractivity contribution in [1.82, 2.24) is 10.2 Å². The molecule has 2 aliphatic rings. The molecule has 0 unspecified atom stereocenters. The molecule has 0 spiro atoms. The van der Waals surface area contributed by atoms with E-state index in [1.807, 2.05) is 0 Å². The maximum absolute atomic E-state index is 5.68. The smallest absolute Gasteiger partial charge is 0.194 e. The van der Waals surface area contributed by atoms with E-state index in [2.05, 4.69) is 29.1 Å². The summed E-state index contributed by atoms with van der Waals surface area (Å²) >= 11 is 0. The normalized spacial score (nSPS) is 21.7. The molecule has 4 nitrogen and oxygen atoms in total. The molecule has 1 aliphatic heterocycles. The standard InChI is InChI=1S/C13H25N3O.HI/c1-3-14-13(15-11-5-6-11)16-9-7-12(8-10-16)17-4-2;/h11-12H,3-10H2,1-2H3,(H,14,15);1H. The fourth-order valence-corrected chi connectivity index (χ4v) is 2.27. The summed E-state index contributed by atoms with van der Waals surface area (Å²) < 4.78 is 5.68. The van der Waals surface area contributed by atoms with Crippen LogP contribution in [-0.4, -0.2) is 49.2 Å². The third kappa shape index (κ3) is 4.91. The Morgan fingerprint density at radius 1 is 1.22 bits per heavy atom. The highest BCUT2D eigenvalue weighted by Crippen LogP contribution is 2.20. The molecule has 2 rings (SSSR count). The second-order valence-corrected chi connectivity index (χ2v) is 4.86. The van der Waals surface area contributed by atoms with Crippen molar-refractivity contribution in [3.8, 4) is 0 Å². The molecule has 1 saturated carbocycles. The Balaban J connectivity index is 0.00000162. The van der Waals surface area contributed by atoms with Crippen LogP contribution in [0, 0.1) is 0 Å². The highest BCUT2D eigenvalue weighted by molar-refractivity contribution is 14.0. The number of nitrogens with zero attached hydrogens (tertiary/aromatic N) is 2. The number of piperidine rings is 1. The predicted octanol–water partition coefficient (Wildman–Crippen LogP) is 2.23. The third-order valence-corrected chi connectivity index (χ3v) is 3.36. The number of likely N-dealkylation sites (tertiary alicyclic amines) is 1. The predicted molar refractivity (Wildman–Crippen MR) is 85.8 cm³/mol. The Hall–Kier alpha value is -0.0400. The van der Waals surface area contributed by atoms with Crippen LogP contribution in [0.2, 0.25) is 0 Å². The zero-order chi connectivity index (χ0) is 12.1. The highest BCUT2D eigenvalue weighted by Gasteiger charge is 2.27. The van der Waals surface area contributed by atoms with Crippen molar-refractivity contribution in [2.24, 2.45) is 4.99 Å². The molecular weight excluding hydrogens is 341 g/mol. The number of hydrogen-bond acceptors (Lipinski definition) is 2. The van der Waals surface area contributed by atoms with Gasteiger partial charge in [-0.2, -0.15) is 0 Å². The van der Waals surface area contributed by atoms with E-state index in [1.165, 1.54) is 12.8 Å². The molecule has 0 bridgehead atoms. The van der Waals surface area contributed by atoms with E-state index < -0.39 is 0 Å². The van der Waals surface area contributed by atoms with Gasteiger partial charge in [-0.25, -0.2) is 0 Å². The molecule has 0 aromatic carbocycles. The largest absolute Gasteiger partial charge is 0.378 e. The molecule has 0 aromatic rings. The van der Waals surface area contributed by atoms with Crippen LogP contribution in [0.25, 0.3) is 0 Å². The second kappa shape index (κ2) is 8.19. The van der Waals surface area contributed by atoms with Crippen LogP contribution in [0.4, 0.5) is 0 Å². The van der Waals surface area contributed by atoms with Gasteiger partial charge in [-0.15, -0.1) is 24.0 Å². The van der Waals surface area contributed by atoms with Gasteiger partial charge in [0.1, 0.15) is 0 Å². The first-order valence-corrected chi connectivity index (χ1v) is 7.01. The SMILES string of the molecule is CCN=C(NC1CC1)N1CCC(OCC)CC1.I. The van der Waals surface area contributed by atoms with Gasteiger partial charge in [-0.1, -0.05) is 0 Å². The zero-order valence-corrected chi connectivity index (χ0v) is 13.9. The number of nitrogens with one attached hydrogen (secondary N) is 1. The maximum atomic E-state index is 5.68. The molecule has 1 N–H and O–H groups in total. The summed E-state index contributed by atoms with van der Waals surface area (Å²) in [5.41, 5.74) is 0. The lowest BCUT2D eigenvalue weighted by atomic mass is 10.1. The second-order valence-electron chi connectivity index (χ2n) is 4.86. The van der Waals surface area contributed by atoms with Crippen LogP contribution >= 0.6 is 24.0 Å². The van der Waals surface area contributed by atoms with E-state index in [1.54, 1.807) is 0 Å². The lowest BCUT2D eigenvalue weighted by Crippen LogP contribution is -2.47. The van der Waals surface area contributed by atoms with Crippen LogP contribution in [0.3, 0.4) is 0 Å². The number of ether oxygens (including phenoxy) is 1. The maximum Gasteiger partial charge on any atom is 0.194 e. The van der Waals surface area contributed by atoms with E-state index in [-0.39, 0.29) is 24.0 Å². The Bertz CT molecular complexity index is 261. The molecule has 0 atom stereocenters. The summed E-state index contributed by atoms with van der Waals surface area (Å²) in [6.07, 6.45) is 5.32. The van der Waals surface area contributed by atoms with E-state index in [0.717, 1.165) is 45.0 Å². The van der Waals surface area contributed by atoms with Crippen LogP contribution in [0.1, 0.15) is 39.5 Å². The van der Waals surface area contributed by atoms with Crippen LogP contribution in [-0.2, 0) is 4.74 Å². The summed E-state index contributed by atoms with van der Waals surface area (Å²) in [7, 11) is 0. The Labute approximate surface area is 128 Å². The highest BCUT2D eigenvalue weighted by atomic mass is 127. The van der Waals surface area contributed by atoms with Crippen molar-refractivity contribution in [3.05, 3.63) is 0 Å². The van der Waals surface area contributed by atoms with Crippen molar-refractivity contribution in [1.29, 1.82) is 0 Å². The molecule has 1 heterocycles. The van der Waals surface area contributed by atoms with E-state index in [0.29, 0.717) is 12.1 Å². The molecule has 1 aliphatic carbocycles. The van der Waals surface area contributed by atoms with Crippen molar-refractivity contribution >= 4 is 29.9 Å². The summed E-state index contributed by atoms with van der Waals surface area (Å²) in [6.45, 7) is 8.01. The van der Waals surface area contributed by atoms with Crippen molar-refractivity contribution in [2.75, 3.05) is 26.2 Å². The minimum Gasteiger partial charge on any atom is -0.378 e. The average molecular weight is 367 g/mol. The number of hydrogen-bond donors (Lipinski definition) is 1. The van der Waals surface area contributed by atoms with Gasteiger partial charge >= 0.3 is 0 Å². The monoisotopic (exact) mass is 367 g/mol. The minimum atomic E-state index is 0. The summed E-state index contributed by atoms with van der Waals surface area (Å²) in [4.78, 5) is 6.98. The van der Waals surface area contributed by atoms with Crippen molar-refractivity contribution < 1.29 is 4.74 Å². The molecule has 2 fully saturated rings. The van der Waals surface area contributed by atoms with Gasteiger partial charge < -0.3 is 15.0 Å². The molecular formula is C13H26IN3O. The van der Waals surface area contributed by atoms with Gasteiger partial charge in [0.15, 0.2) is 5.96 Å². The van der Waals surface area contributed by atoms with Gasteiger partial charge in [0.2, 0.25) is 0 Å². The lowest BCUT2D eigenvalue weighted by molar-refractivity contribution is 0.0263. The molecule has 1 saturated heterocycles. The third-order valence-electron chi connectivity index (χ3n) is 3.36. The quantitative estimate of drug-likeness (QED) is 0.470. The minimum absolute atomic E-state index is 0. The zero-order valence-electron chi connectivity index (χ0n) is 11.5. The Morgan fingerprint density at radius 2 is 1.89 bits per heavy atom. The van der Waals surface area contributed by atoms with Crippen molar-refractivity contribution in [3.63, 3.8) is 0 Å². The average Bonchev–Trinajstić information content (AvgIpc) is 3.14. The first-order valence-electron chi connectivity index (χ1n) is 7.01. The molecule has 0 aromatic heterocycles. The molecule has 106 valence electrons. The van der Waals surface area contributed by atoms with Crippen LogP contribution in [0.15, 0.2) is 4.99 Å². The molecule has 5 heteroatoms. The van der Waals surface area contributed by atoms with Gasteiger partial charge in [-0.05, 0) is 39.5 Å². The van der Waals surface area contributed by atoms with Gasteiger partial charge in [0.25, 0.3) is 0 Å². The fourth-order valence-electron chi connectivity index (χ4n) is 2.27.